The Morgan fingerprint density at radius 1 is 0.563 bits per heavy atom. The summed E-state index contributed by atoms with van der Waals surface area (Å²) in [5, 5.41) is 20.6. The average molecular weight is 994 g/mol. The van der Waals surface area contributed by atoms with Crippen LogP contribution in [0.3, 0.4) is 0 Å². The first-order valence-electron chi connectivity index (χ1n) is 23.3. The Labute approximate surface area is 421 Å². The number of carbonyl (C=O) groups excluding carboxylic acids is 2. The molecule has 0 bridgehead atoms. The molecule has 2 amide bonds. The number of benzene rings is 7. The molecule has 0 saturated carbocycles. The van der Waals surface area contributed by atoms with Gasteiger partial charge in [0.05, 0.1) is 25.8 Å². The molecule has 7 aromatic rings. The molecule has 71 heavy (non-hydrogen) atoms. The zero-order valence-electron chi connectivity index (χ0n) is 38.7. The van der Waals surface area contributed by atoms with E-state index >= 15 is 0 Å². The molecule has 2 aliphatic heterocycles. The van der Waals surface area contributed by atoms with E-state index in [9.17, 15) is 33.8 Å². The summed E-state index contributed by atoms with van der Waals surface area (Å²) in [5.74, 6) is -2.11. The first-order valence-corrected chi connectivity index (χ1v) is 24.0. The number of halogens is 3. The molecule has 4 atom stereocenters. The number of amides is 2. The van der Waals surface area contributed by atoms with Gasteiger partial charge in [0.25, 0.3) is 11.8 Å². The molecule has 0 unspecified atom stereocenters. The summed E-state index contributed by atoms with van der Waals surface area (Å²) in [5.41, 5.74) is 6.02. The summed E-state index contributed by atoms with van der Waals surface area (Å²) < 4.78 is 25.2. The smallest absolute Gasteiger partial charge is 0.326 e. The third kappa shape index (κ3) is 11.6. The standard InChI is InChI=1S/C34H32ClNO5.C24H19ClFNO3/c1-40-26-20-25(33(37)36-31(16-17-32(36)34(38)39)29-14-8-9-15-30(29)35)21-27(22-26)41-19-18-28(23-10-4-2-5-11-23)24-12-6-3-7-13-24;25-20-7-2-1-6-19(20)21-12-13-22(24(29)30)27(21)23(28)16-10-8-15(9-11-16)17-4-3-5-18(26)14-17/h2-15,20-22,28,31-32H,16-19H2,1H3,(H,38,39);1-11,14,21-22H,12-13H2,(H,29,30)/t31-,32+;21-,22+/m11/s1. The quantitative estimate of drug-likeness (QED) is 0.110. The summed E-state index contributed by atoms with van der Waals surface area (Å²) in [6.07, 6.45) is 2.44. The SMILES string of the molecule is COc1cc(OCCC(c2ccccc2)c2ccccc2)cc(C(=O)N2[C@@H](c3ccccc3Cl)CC[C@H]2C(=O)O)c1.O=C(O)[C@@H]1CC[C@H](c2ccccc2Cl)N1C(=O)c1ccc(-c2cccc(F)c2)cc1. The van der Waals surface area contributed by atoms with Crippen molar-refractivity contribution in [1.29, 1.82) is 0 Å². The van der Waals surface area contributed by atoms with Gasteiger partial charge in [-0.05, 0) is 114 Å². The Kier molecular flexibility index (Phi) is 16.2. The lowest BCUT2D eigenvalue weighted by molar-refractivity contribution is -0.142. The van der Waals surface area contributed by atoms with Crippen LogP contribution < -0.4 is 9.47 Å². The maximum Gasteiger partial charge on any atom is 0.326 e. The summed E-state index contributed by atoms with van der Waals surface area (Å²) >= 11 is 12.8. The van der Waals surface area contributed by atoms with Gasteiger partial charge in [0.2, 0.25) is 0 Å². The molecule has 13 heteroatoms. The monoisotopic (exact) mass is 992 g/mol. The third-order valence-corrected chi connectivity index (χ3v) is 13.8. The number of nitrogens with zero attached hydrogens (tertiary/aromatic N) is 2. The number of methoxy groups -OCH3 is 1. The van der Waals surface area contributed by atoms with Crippen molar-refractivity contribution in [3.05, 3.63) is 225 Å². The number of carboxylic acids is 2. The predicted octanol–water partition coefficient (Wildman–Crippen LogP) is 13.0. The Morgan fingerprint density at radius 2 is 1.06 bits per heavy atom. The molecule has 2 heterocycles. The molecule has 0 aliphatic carbocycles. The van der Waals surface area contributed by atoms with Gasteiger partial charge < -0.3 is 29.5 Å². The highest BCUT2D eigenvalue weighted by Gasteiger charge is 2.44. The van der Waals surface area contributed by atoms with Gasteiger partial charge in [-0.1, -0.05) is 145 Å². The molecule has 2 aliphatic rings. The van der Waals surface area contributed by atoms with Crippen LogP contribution in [0.2, 0.25) is 10.0 Å². The van der Waals surface area contributed by atoms with Crippen LogP contribution in [0, 0.1) is 5.82 Å². The highest BCUT2D eigenvalue weighted by Crippen LogP contribution is 2.42. The zero-order valence-corrected chi connectivity index (χ0v) is 40.3. The molecule has 2 fully saturated rings. The third-order valence-electron chi connectivity index (χ3n) is 13.1. The number of aliphatic carboxylic acids is 2. The molecule has 7 aromatic carbocycles. The maximum atomic E-state index is 13.9. The van der Waals surface area contributed by atoms with Crippen LogP contribution in [-0.2, 0) is 9.59 Å². The van der Waals surface area contributed by atoms with Crippen LogP contribution in [0.15, 0.2) is 176 Å². The normalized spacial score (nSPS) is 17.3. The van der Waals surface area contributed by atoms with Crippen molar-refractivity contribution in [2.45, 2.75) is 62.2 Å². The van der Waals surface area contributed by atoms with Gasteiger partial charge in [0, 0.05) is 33.2 Å². The fraction of sp³-hybridized carbons (Fsp3) is 0.207. The Bertz CT molecular complexity index is 2960. The van der Waals surface area contributed by atoms with Gasteiger partial charge >= 0.3 is 11.9 Å². The first-order chi connectivity index (χ1) is 34.4. The van der Waals surface area contributed by atoms with Crippen LogP contribution >= 0.6 is 23.2 Å². The van der Waals surface area contributed by atoms with E-state index in [1.165, 1.54) is 40.2 Å². The highest BCUT2D eigenvalue weighted by molar-refractivity contribution is 6.31. The second-order valence-electron chi connectivity index (χ2n) is 17.4. The molecule has 2 N–H and O–H groups in total. The molecule has 10 nitrogen and oxygen atoms in total. The molecular weight excluding hydrogens is 943 g/mol. The van der Waals surface area contributed by atoms with E-state index in [0.29, 0.717) is 70.5 Å². The summed E-state index contributed by atoms with van der Waals surface area (Å²) in [7, 11) is 1.52. The van der Waals surface area contributed by atoms with E-state index in [4.69, 9.17) is 32.7 Å². The van der Waals surface area contributed by atoms with E-state index < -0.39 is 42.0 Å². The predicted molar refractivity (Wildman–Crippen MR) is 272 cm³/mol. The van der Waals surface area contributed by atoms with Crippen molar-refractivity contribution < 1.29 is 43.3 Å². The minimum absolute atomic E-state index is 0.140. The van der Waals surface area contributed by atoms with Gasteiger partial charge in [0.1, 0.15) is 29.4 Å². The Morgan fingerprint density at radius 3 is 1.55 bits per heavy atom. The number of hydrogen-bond acceptors (Lipinski definition) is 6. The largest absolute Gasteiger partial charge is 0.497 e. The van der Waals surface area contributed by atoms with E-state index in [1.807, 2.05) is 66.7 Å². The Hall–Kier alpha value is -7.47. The number of ether oxygens (including phenoxy) is 2. The zero-order chi connectivity index (χ0) is 50.0. The minimum Gasteiger partial charge on any atom is -0.497 e. The number of carbonyl (C=O) groups is 4. The van der Waals surface area contributed by atoms with Gasteiger partial charge in [-0.3, -0.25) is 9.59 Å². The van der Waals surface area contributed by atoms with Crippen molar-refractivity contribution in [2.24, 2.45) is 0 Å². The molecule has 2 saturated heterocycles. The van der Waals surface area contributed by atoms with Crippen molar-refractivity contribution in [3.8, 4) is 22.6 Å². The van der Waals surface area contributed by atoms with Gasteiger partial charge in [0.15, 0.2) is 0 Å². The number of hydrogen-bond donors (Lipinski definition) is 2. The van der Waals surface area contributed by atoms with Gasteiger partial charge in [-0.15, -0.1) is 0 Å². The number of likely N-dealkylation sites (tertiary alicyclic amines) is 2. The van der Waals surface area contributed by atoms with E-state index in [0.717, 1.165) is 23.1 Å². The van der Waals surface area contributed by atoms with Crippen molar-refractivity contribution >= 4 is 47.0 Å². The molecule has 0 spiro atoms. The number of rotatable bonds is 14. The Balaban J connectivity index is 0.000000200. The molecule has 362 valence electrons. The van der Waals surface area contributed by atoms with E-state index in [2.05, 4.69) is 24.3 Å². The topological polar surface area (TPSA) is 134 Å². The first kappa shape index (κ1) is 49.9. The summed E-state index contributed by atoms with van der Waals surface area (Å²) in [4.78, 5) is 54.1. The fourth-order valence-electron chi connectivity index (χ4n) is 9.63. The molecule has 9 rings (SSSR count). The van der Waals surface area contributed by atoms with Gasteiger partial charge in [-0.25, -0.2) is 14.0 Å². The van der Waals surface area contributed by atoms with Crippen LogP contribution in [0.5, 0.6) is 11.5 Å². The van der Waals surface area contributed by atoms with Crippen molar-refractivity contribution in [1.82, 2.24) is 9.80 Å². The van der Waals surface area contributed by atoms with Crippen LogP contribution in [-0.4, -0.2) is 69.6 Å². The van der Waals surface area contributed by atoms with Crippen molar-refractivity contribution in [2.75, 3.05) is 13.7 Å². The van der Waals surface area contributed by atoms with Gasteiger partial charge in [-0.2, -0.15) is 0 Å². The molecule has 0 aromatic heterocycles. The number of carboxylic acid groups (broad SMARTS) is 2. The van der Waals surface area contributed by atoms with Crippen LogP contribution in [0.1, 0.15) is 93.1 Å². The lowest BCUT2D eigenvalue weighted by atomic mass is 9.89. The van der Waals surface area contributed by atoms with Crippen LogP contribution in [0.4, 0.5) is 4.39 Å². The second kappa shape index (κ2) is 23.0. The molecular formula is C58H51Cl2FN2O8. The average Bonchev–Trinajstić information content (AvgIpc) is 4.05. The second-order valence-corrected chi connectivity index (χ2v) is 18.2. The van der Waals surface area contributed by atoms with E-state index in [1.54, 1.807) is 72.8 Å². The van der Waals surface area contributed by atoms with E-state index in [-0.39, 0.29) is 17.6 Å². The maximum absolute atomic E-state index is 13.9. The van der Waals surface area contributed by atoms with Crippen LogP contribution in [0.25, 0.3) is 11.1 Å². The lowest BCUT2D eigenvalue weighted by Gasteiger charge is -2.29. The molecule has 0 radical (unpaired) electrons. The minimum atomic E-state index is -1.04. The lowest BCUT2D eigenvalue weighted by Crippen LogP contribution is -2.41. The summed E-state index contributed by atoms with van der Waals surface area (Å²) in [6, 6.07) is 50.3. The fourth-order valence-corrected chi connectivity index (χ4v) is 10.2. The highest BCUT2D eigenvalue weighted by atomic mass is 35.5. The summed E-state index contributed by atoms with van der Waals surface area (Å²) in [6.45, 7) is 0.402. The van der Waals surface area contributed by atoms with Crippen molar-refractivity contribution in [3.63, 3.8) is 0 Å².